The lowest BCUT2D eigenvalue weighted by Gasteiger charge is -2.28. The predicted octanol–water partition coefficient (Wildman–Crippen LogP) is 3.29. The van der Waals surface area contributed by atoms with E-state index in [1.807, 2.05) is 6.07 Å². The van der Waals surface area contributed by atoms with Crippen molar-refractivity contribution in [2.75, 3.05) is 13.6 Å². The molecule has 0 amide bonds. The molecule has 1 N–H and O–H groups in total. The molecule has 1 saturated carbocycles. The third kappa shape index (κ3) is 3.87. The number of hydrogen-bond donors (Lipinski definition) is 1. The van der Waals surface area contributed by atoms with Gasteiger partial charge >= 0.3 is 0 Å². The Morgan fingerprint density at radius 1 is 1.17 bits per heavy atom. The van der Waals surface area contributed by atoms with Crippen molar-refractivity contribution in [3.63, 3.8) is 0 Å². The maximum atomic E-state index is 10.6. The normalized spacial score (nSPS) is 16.9. The molecule has 0 aliphatic heterocycles. The molecule has 2 aromatic rings. The highest BCUT2D eigenvalue weighted by atomic mass is 16.3. The first-order chi connectivity index (χ1) is 11.5. The lowest BCUT2D eigenvalue weighted by Crippen LogP contribution is -2.38. The second kappa shape index (κ2) is 7.08. The summed E-state index contributed by atoms with van der Waals surface area (Å²) in [6.07, 6.45) is 4.17. The van der Waals surface area contributed by atoms with Gasteiger partial charge in [0.25, 0.3) is 0 Å². The van der Waals surface area contributed by atoms with Crippen LogP contribution in [0.25, 0.3) is 0 Å². The quantitative estimate of drug-likeness (QED) is 0.885. The molecule has 0 unspecified atom stereocenters. The molecule has 0 spiro atoms. The Hall–Kier alpha value is -1.65. The standard InChI is InChI=1S/C20H29N3O/c1-16-19(14-22(3)15-20(24)11-7-8-12-20)17(2)23(21-16)13-18-9-5-4-6-10-18/h4-6,9-10,24H,7-8,11-15H2,1-3H3. The van der Waals surface area contributed by atoms with Crippen LogP contribution in [-0.2, 0) is 13.1 Å². The topological polar surface area (TPSA) is 41.3 Å². The number of aliphatic hydroxyl groups is 1. The van der Waals surface area contributed by atoms with Gasteiger partial charge in [0, 0.05) is 24.3 Å². The summed E-state index contributed by atoms with van der Waals surface area (Å²) >= 11 is 0. The zero-order valence-electron chi connectivity index (χ0n) is 15.1. The Kier molecular flexibility index (Phi) is 5.07. The number of nitrogens with zero attached hydrogens (tertiary/aromatic N) is 3. The predicted molar refractivity (Wildman–Crippen MR) is 97.0 cm³/mol. The smallest absolute Gasteiger partial charge is 0.0774 e. The number of benzene rings is 1. The molecule has 3 rings (SSSR count). The van der Waals surface area contributed by atoms with Gasteiger partial charge in [-0.2, -0.15) is 5.10 Å². The molecule has 1 fully saturated rings. The summed E-state index contributed by atoms with van der Waals surface area (Å²) in [6.45, 7) is 6.63. The molecule has 1 aliphatic rings. The van der Waals surface area contributed by atoms with Gasteiger partial charge in [-0.3, -0.25) is 9.58 Å². The van der Waals surface area contributed by atoms with E-state index in [0.29, 0.717) is 0 Å². The van der Waals surface area contributed by atoms with Crippen LogP contribution in [0.1, 0.15) is 48.2 Å². The van der Waals surface area contributed by atoms with E-state index < -0.39 is 5.60 Å². The molecule has 1 aromatic heterocycles. The van der Waals surface area contributed by atoms with Crippen molar-refractivity contribution in [3.05, 3.63) is 52.8 Å². The van der Waals surface area contributed by atoms with Crippen LogP contribution in [0.2, 0.25) is 0 Å². The summed E-state index contributed by atoms with van der Waals surface area (Å²) < 4.78 is 2.10. The number of aromatic nitrogens is 2. The monoisotopic (exact) mass is 327 g/mol. The average molecular weight is 327 g/mol. The Morgan fingerprint density at radius 2 is 1.83 bits per heavy atom. The van der Waals surface area contributed by atoms with E-state index in [-0.39, 0.29) is 0 Å². The van der Waals surface area contributed by atoms with Crippen molar-refractivity contribution in [1.29, 1.82) is 0 Å². The van der Waals surface area contributed by atoms with Gasteiger partial charge in [0.1, 0.15) is 0 Å². The molecule has 1 aliphatic carbocycles. The summed E-state index contributed by atoms with van der Waals surface area (Å²) in [5.74, 6) is 0. The molecule has 1 heterocycles. The van der Waals surface area contributed by atoms with Crippen LogP contribution in [0.5, 0.6) is 0 Å². The van der Waals surface area contributed by atoms with Crippen LogP contribution >= 0.6 is 0 Å². The van der Waals surface area contributed by atoms with Gasteiger partial charge in [-0.05, 0) is 39.3 Å². The molecule has 1 aromatic carbocycles. The Balaban J connectivity index is 1.69. The third-order valence-electron chi connectivity index (χ3n) is 5.23. The Bertz CT molecular complexity index is 672. The zero-order chi connectivity index (χ0) is 17.2. The van der Waals surface area contributed by atoms with Crippen molar-refractivity contribution < 1.29 is 5.11 Å². The van der Waals surface area contributed by atoms with Crippen LogP contribution in [0.3, 0.4) is 0 Å². The van der Waals surface area contributed by atoms with Gasteiger partial charge < -0.3 is 5.11 Å². The molecule has 0 atom stereocenters. The first-order valence-corrected chi connectivity index (χ1v) is 8.95. The van der Waals surface area contributed by atoms with Crippen LogP contribution in [0.4, 0.5) is 0 Å². The molecular formula is C20H29N3O. The number of aryl methyl sites for hydroxylation is 1. The van der Waals surface area contributed by atoms with Crippen molar-refractivity contribution in [3.8, 4) is 0 Å². The first-order valence-electron chi connectivity index (χ1n) is 8.95. The van der Waals surface area contributed by atoms with Gasteiger partial charge in [-0.1, -0.05) is 43.2 Å². The molecule has 0 radical (unpaired) electrons. The fraction of sp³-hybridized carbons (Fsp3) is 0.550. The molecule has 4 heteroatoms. The second-order valence-electron chi connectivity index (χ2n) is 7.40. The average Bonchev–Trinajstić information content (AvgIpc) is 3.07. The van der Waals surface area contributed by atoms with Crippen molar-refractivity contribution in [2.45, 2.75) is 58.2 Å². The highest BCUT2D eigenvalue weighted by Crippen LogP contribution is 2.30. The van der Waals surface area contributed by atoms with Crippen molar-refractivity contribution in [2.24, 2.45) is 0 Å². The van der Waals surface area contributed by atoms with Gasteiger partial charge in [-0.25, -0.2) is 0 Å². The molecule has 130 valence electrons. The molecule has 24 heavy (non-hydrogen) atoms. The highest BCUT2D eigenvalue weighted by Gasteiger charge is 2.32. The van der Waals surface area contributed by atoms with Gasteiger partial charge in [-0.15, -0.1) is 0 Å². The fourth-order valence-corrected chi connectivity index (χ4v) is 3.89. The number of hydrogen-bond acceptors (Lipinski definition) is 3. The van der Waals surface area contributed by atoms with E-state index in [9.17, 15) is 5.11 Å². The van der Waals surface area contributed by atoms with Crippen LogP contribution in [0, 0.1) is 13.8 Å². The van der Waals surface area contributed by atoms with E-state index in [4.69, 9.17) is 5.10 Å². The molecule has 0 saturated heterocycles. The fourth-order valence-electron chi connectivity index (χ4n) is 3.89. The number of likely N-dealkylation sites (N-methyl/N-ethyl adjacent to an activating group) is 1. The zero-order valence-corrected chi connectivity index (χ0v) is 15.1. The minimum absolute atomic E-state index is 0.489. The maximum Gasteiger partial charge on any atom is 0.0774 e. The summed E-state index contributed by atoms with van der Waals surface area (Å²) in [5.41, 5.74) is 4.38. The van der Waals surface area contributed by atoms with E-state index in [0.717, 1.165) is 51.0 Å². The van der Waals surface area contributed by atoms with Crippen LogP contribution in [0.15, 0.2) is 30.3 Å². The SMILES string of the molecule is Cc1nn(Cc2ccccc2)c(C)c1CN(C)CC1(O)CCCC1. The first kappa shape index (κ1) is 17.2. The Morgan fingerprint density at radius 3 is 2.50 bits per heavy atom. The number of rotatable bonds is 6. The third-order valence-corrected chi connectivity index (χ3v) is 5.23. The highest BCUT2D eigenvalue weighted by molar-refractivity contribution is 5.26. The van der Waals surface area contributed by atoms with E-state index >= 15 is 0 Å². The van der Waals surface area contributed by atoms with Crippen molar-refractivity contribution >= 4 is 0 Å². The summed E-state index contributed by atoms with van der Waals surface area (Å²) in [6, 6.07) is 10.4. The van der Waals surface area contributed by atoms with Crippen LogP contribution in [-0.4, -0.2) is 39.0 Å². The minimum atomic E-state index is -0.489. The van der Waals surface area contributed by atoms with Gasteiger partial charge in [0.15, 0.2) is 0 Å². The summed E-state index contributed by atoms with van der Waals surface area (Å²) in [7, 11) is 2.10. The van der Waals surface area contributed by atoms with E-state index in [2.05, 4.69) is 54.7 Å². The van der Waals surface area contributed by atoms with Crippen molar-refractivity contribution in [1.82, 2.24) is 14.7 Å². The summed E-state index contributed by atoms with van der Waals surface area (Å²) in [5, 5.41) is 15.4. The lowest BCUT2D eigenvalue weighted by molar-refractivity contribution is 0.0144. The van der Waals surface area contributed by atoms with Gasteiger partial charge in [0.05, 0.1) is 17.8 Å². The van der Waals surface area contributed by atoms with Gasteiger partial charge in [0.2, 0.25) is 0 Å². The Labute approximate surface area is 145 Å². The molecular weight excluding hydrogens is 298 g/mol. The summed E-state index contributed by atoms with van der Waals surface area (Å²) in [4.78, 5) is 2.25. The van der Waals surface area contributed by atoms with E-state index in [1.165, 1.54) is 16.8 Å². The molecule has 4 nitrogen and oxygen atoms in total. The van der Waals surface area contributed by atoms with Crippen LogP contribution < -0.4 is 0 Å². The maximum absolute atomic E-state index is 10.6. The lowest BCUT2D eigenvalue weighted by atomic mass is 10.0. The van der Waals surface area contributed by atoms with E-state index in [1.54, 1.807) is 0 Å². The largest absolute Gasteiger partial charge is 0.389 e. The second-order valence-corrected chi connectivity index (χ2v) is 7.40. The molecule has 0 bridgehead atoms. The minimum Gasteiger partial charge on any atom is -0.389 e.